The molecule has 7 nitrogen and oxygen atoms in total. The summed E-state index contributed by atoms with van der Waals surface area (Å²) in [5.41, 5.74) is 3.09. The lowest BCUT2D eigenvalue weighted by atomic mass is 10.2. The maximum absolute atomic E-state index is 13.0. The molecule has 0 bridgehead atoms. The van der Waals surface area contributed by atoms with E-state index in [4.69, 9.17) is 9.26 Å². The van der Waals surface area contributed by atoms with Gasteiger partial charge in [0.25, 0.3) is 5.89 Å². The molecular weight excluding hydrogens is 375 g/mol. The van der Waals surface area contributed by atoms with Crippen molar-refractivity contribution < 1.29 is 18.4 Å². The molecule has 4 rings (SSSR count). The minimum Gasteiger partial charge on any atom is -0.452 e. The van der Waals surface area contributed by atoms with E-state index in [1.807, 2.05) is 37.3 Å². The Hall–Kier alpha value is -3.81. The van der Waals surface area contributed by atoms with Gasteiger partial charge in [-0.3, -0.25) is 0 Å². The SMILES string of the molecule is Cc1nn(-c2ccccc2)c(C)c1C(=O)OCc1nc(-c2ccc(F)cc2)no1. The first kappa shape index (κ1) is 18.5. The second kappa shape index (κ2) is 7.67. The Morgan fingerprint density at radius 1 is 1.10 bits per heavy atom. The highest BCUT2D eigenvalue weighted by atomic mass is 19.1. The second-order valence-electron chi connectivity index (χ2n) is 6.39. The van der Waals surface area contributed by atoms with Crippen molar-refractivity contribution in [1.82, 2.24) is 19.9 Å². The van der Waals surface area contributed by atoms with Gasteiger partial charge in [0.15, 0.2) is 6.61 Å². The number of hydrogen-bond acceptors (Lipinski definition) is 6. The van der Waals surface area contributed by atoms with Gasteiger partial charge >= 0.3 is 5.97 Å². The molecule has 146 valence electrons. The summed E-state index contributed by atoms with van der Waals surface area (Å²) in [6, 6.07) is 15.2. The lowest BCUT2D eigenvalue weighted by molar-refractivity contribution is 0.0428. The van der Waals surface area contributed by atoms with E-state index >= 15 is 0 Å². The Kier molecular flexibility index (Phi) is 4.90. The normalized spacial score (nSPS) is 10.9. The Balaban J connectivity index is 1.48. The average Bonchev–Trinajstić information content (AvgIpc) is 3.32. The quantitative estimate of drug-likeness (QED) is 0.477. The second-order valence-corrected chi connectivity index (χ2v) is 6.39. The third-order valence-corrected chi connectivity index (χ3v) is 4.39. The molecule has 4 aromatic rings. The Labute approximate surface area is 165 Å². The fraction of sp³-hybridized carbons (Fsp3) is 0.143. The molecule has 0 N–H and O–H groups in total. The zero-order chi connectivity index (χ0) is 20.4. The molecule has 0 atom stereocenters. The van der Waals surface area contributed by atoms with Gasteiger partial charge in [-0.25, -0.2) is 13.9 Å². The summed E-state index contributed by atoms with van der Waals surface area (Å²) in [6.45, 7) is 3.38. The smallest absolute Gasteiger partial charge is 0.342 e. The van der Waals surface area contributed by atoms with Crippen molar-refractivity contribution in [2.24, 2.45) is 0 Å². The van der Waals surface area contributed by atoms with Crippen molar-refractivity contribution in [3.05, 3.63) is 83.3 Å². The van der Waals surface area contributed by atoms with Crippen LogP contribution in [0, 0.1) is 19.7 Å². The van der Waals surface area contributed by atoms with Crippen LogP contribution in [-0.4, -0.2) is 25.9 Å². The van der Waals surface area contributed by atoms with E-state index in [9.17, 15) is 9.18 Å². The van der Waals surface area contributed by atoms with Gasteiger partial charge in [0, 0.05) is 5.56 Å². The van der Waals surface area contributed by atoms with E-state index < -0.39 is 5.97 Å². The van der Waals surface area contributed by atoms with Gasteiger partial charge in [-0.1, -0.05) is 23.4 Å². The molecule has 0 unspecified atom stereocenters. The summed E-state index contributed by atoms with van der Waals surface area (Å²) in [5.74, 6) is -0.444. The van der Waals surface area contributed by atoms with Crippen LogP contribution in [-0.2, 0) is 11.3 Å². The topological polar surface area (TPSA) is 83.0 Å². The zero-order valence-electron chi connectivity index (χ0n) is 15.8. The number of hydrogen-bond donors (Lipinski definition) is 0. The number of carbonyl (C=O) groups excluding carboxylic acids is 1. The van der Waals surface area contributed by atoms with Crippen molar-refractivity contribution in [3.63, 3.8) is 0 Å². The minimum absolute atomic E-state index is 0.142. The van der Waals surface area contributed by atoms with E-state index in [1.165, 1.54) is 12.1 Å². The fourth-order valence-corrected chi connectivity index (χ4v) is 2.99. The number of halogens is 1. The molecule has 0 radical (unpaired) electrons. The lowest BCUT2D eigenvalue weighted by Crippen LogP contribution is -2.08. The first-order valence-electron chi connectivity index (χ1n) is 8.90. The van der Waals surface area contributed by atoms with Crippen molar-refractivity contribution in [2.75, 3.05) is 0 Å². The predicted octanol–water partition coefficient (Wildman–Crippen LogP) is 4.04. The number of nitrogens with zero attached hydrogens (tertiary/aromatic N) is 4. The van der Waals surface area contributed by atoms with E-state index in [2.05, 4.69) is 15.2 Å². The average molecular weight is 392 g/mol. The highest BCUT2D eigenvalue weighted by Crippen LogP contribution is 2.20. The largest absolute Gasteiger partial charge is 0.452 e. The molecule has 2 aromatic carbocycles. The van der Waals surface area contributed by atoms with Crippen molar-refractivity contribution >= 4 is 5.97 Å². The van der Waals surface area contributed by atoms with Crippen LogP contribution in [0.25, 0.3) is 17.1 Å². The van der Waals surface area contributed by atoms with Crippen molar-refractivity contribution in [3.8, 4) is 17.1 Å². The van der Waals surface area contributed by atoms with Gasteiger partial charge in [0.1, 0.15) is 11.4 Å². The molecule has 0 aliphatic heterocycles. The number of carbonyl (C=O) groups is 1. The van der Waals surface area contributed by atoms with Crippen molar-refractivity contribution in [2.45, 2.75) is 20.5 Å². The van der Waals surface area contributed by atoms with Gasteiger partial charge in [-0.15, -0.1) is 0 Å². The molecule has 0 spiro atoms. The van der Waals surface area contributed by atoms with Crippen LogP contribution >= 0.6 is 0 Å². The van der Waals surface area contributed by atoms with Gasteiger partial charge in [0.05, 0.1) is 17.1 Å². The number of aromatic nitrogens is 4. The van der Waals surface area contributed by atoms with Gasteiger partial charge in [-0.05, 0) is 50.2 Å². The third-order valence-electron chi connectivity index (χ3n) is 4.39. The van der Waals surface area contributed by atoms with Crippen LogP contribution in [0.5, 0.6) is 0 Å². The molecule has 0 saturated carbocycles. The maximum Gasteiger partial charge on any atom is 0.342 e. The Morgan fingerprint density at radius 2 is 1.83 bits per heavy atom. The molecule has 0 aliphatic rings. The molecule has 29 heavy (non-hydrogen) atoms. The monoisotopic (exact) mass is 392 g/mol. The number of aryl methyl sites for hydroxylation is 1. The number of esters is 1. The van der Waals surface area contributed by atoms with E-state index in [1.54, 1.807) is 23.7 Å². The van der Waals surface area contributed by atoms with Gasteiger partial charge in [0.2, 0.25) is 5.82 Å². The highest BCUT2D eigenvalue weighted by Gasteiger charge is 2.21. The molecular formula is C21H17FN4O3. The standard InChI is InChI=1S/C21H17FN4O3/c1-13-19(14(2)26(24-13)17-6-4-3-5-7-17)21(27)28-12-18-23-20(25-29-18)15-8-10-16(22)11-9-15/h3-11H,12H2,1-2H3. The summed E-state index contributed by atoms with van der Waals surface area (Å²) in [5, 5.41) is 8.27. The van der Waals surface area contributed by atoms with Crippen LogP contribution in [0.4, 0.5) is 4.39 Å². The van der Waals surface area contributed by atoms with Crippen LogP contribution in [0.3, 0.4) is 0 Å². The number of ether oxygens (including phenoxy) is 1. The number of rotatable bonds is 5. The van der Waals surface area contributed by atoms with Crippen molar-refractivity contribution in [1.29, 1.82) is 0 Å². The highest BCUT2D eigenvalue weighted by molar-refractivity contribution is 5.92. The van der Waals surface area contributed by atoms with E-state index in [0.29, 0.717) is 28.3 Å². The third kappa shape index (κ3) is 3.77. The van der Waals surface area contributed by atoms with Crippen LogP contribution < -0.4 is 0 Å². The fourth-order valence-electron chi connectivity index (χ4n) is 2.99. The summed E-state index contributed by atoms with van der Waals surface area (Å²) in [7, 11) is 0. The van der Waals surface area contributed by atoms with E-state index in [0.717, 1.165) is 5.69 Å². The summed E-state index contributed by atoms with van der Waals surface area (Å²) in [4.78, 5) is 16.8. The predicted molar refractivity (Wildman–Crippen MR) is 102 cm³/mol. The Morgan fingerprint density at radius 3 is 2.55 bits per heavy atom. The molecule has 2 aromatic heterocycles. The molecule has 2 heterocycles. The van der Waals surface area contributed by atoms with E-state index in [-0.39, 0.29) is 18.3 Å². The summed E-state index contributed by atoms with van der Waals surface area (Å²) < 4.78 is 25.2. The van der Waals surface area contributed by atoms with Gasteiger partial charge in [-0.2, -0.15) is 10.1 Å². The summed E-state index contributed by atoms with van der Waals surface area (Å²) >= 11 is 0. The lowest BCUT2D eigenvalue weighted by Gasteiger charge is -2.05. The van der Waals surface area contributed by atoms with Gasteiger partial charge < -0.3 is 9.26 Å². The first-order valence-corrected chi connectivity index (χ1v) is 8.90. The first-order chi connectivity index (χ1) is 14.0. The van der Waals surface area contributed by atoms with Crippen LogP contribution in [0.15, 0.2) is 59.1 Å². The van der Waals surface area contributed by atoms with Crippen LogP contribution in [0.1, 0.15) is 27.6 Å². The van der Waals surface area contributed by atoms with Crippen LogP contribution in [0.2, 0.25) is 0 Å². The number of benzene rings is 2. The molecule has 0 fully saturated rings. The molecule has 8 heteroatoms. The molecule has 0 aliphatic carbocycles. The molecule has 0 amide bonds. The maximum atomic E-state index is 13.0. The molecule has 0 saturated heterocycles. The summed E-state index contributed by atoms with van der Waals surface area (Å²) in [6.07, 6.45) is 0. The zero-order valence-corrected chi connectivity index (χ0v) is 15.8. The number of para-hydroxylation sites is 1. The minimum atomic E-state index is -0.524. The Bertz CT molecular complexity index is 1150.